The average molecular weight is 361 g/mol. The molecule has 6 heteroatoms. The summed E-state index contributed by atoms with van der Waals surface area (Å²) in [7, 11) is 0. The number of hydrogen-bond donors (Lipinski definition) is 2. The molecule has 2 amide bonds. The lowest BCUT2D eigenvalue weighted by Crippen LogP contribution is -2.54. The van der Waals surface area contributed by atoms with Crippen LogP contribution in [0, 0.1) is 0 Å². The molecule has 4 nitrogen and oxygen atoms in total. The van der Waals surface area contributed by atoms with Gasteiger partial charge in [-0.2, -0.15) is 0 Å². The quantitative estimate of drug-likeness (QED) is 0.817. The van der Waals surface area contributed by atoms with Gasteiger partial charge in [0.15, 0.2) is 0 Å². The molecule has 0 saturated carbocycles. The third-order valence-corrected chi connectivity index (χ3v) is 5.39. The summed E-state index contributed by atoms with van der Waals surface area (Å²) >= 11 is 12.2. The monoisotopic (exact) mass is 360 g/mol. The topological polar surface area (TPSA) is 58.2 Å². The number of amides is 2. The van der Waals surface area contributed by atoms with E-state index < -0.39 is 5.41 Å². The number of rotatable bonds is 1. The molecule has 1 saturated heterocycles. The fourth-order valence-electron chi connectivity index (χ4n) is 3.81. The van der Waals surface area contributed by atoms with Crippen LogP contribution < -0.4 is 10.6 Å². The fraction of sp³-hybridized carbons (Fsp3) is 0.222. The molecule has 2 aromatic carbocycles. The van der Waals surface area contributed by atoms with E-state index in [0.717, 1.165) is 11.1 Å². The van der Waals surface area contributed by atoms with Crippen LogP contribution in [0.1, 0.15) is 23.5 Å². The van der Waals surface area contributed by atoms with Crippen LogP contribution >= 0.6 is 23.2 Å². The Morgan fingerprint density at radius 2 is 1.83 bits per heavy atom. The summed E-state index contributed by atoms with van der Waals surface area (Å²) in [5.74, 6) is -0.474. The van der Waals surface area contributed by atoms with Crippen LogP contribution in [0.3, 0.4) is 0 Å². The third kappa shape index (κ3) is 2.21. The Morgan fingerprint density at radius 1 is 1.04 bits per heavy atom. The van der Waals surface area contributed by atoms with Gasteiger partial charge in [-0.3, -0.25) is 9.59 Å². The van der Waals surface area contributed by atoms with Crippen LogP contribution in [0.15, 0.2) is 42.5 Å². The molecule has 2 aromatic rings. The molecule has 2 heterocycles. The minimum Gasteiger partial charge on any atom is -0.355 e. The Balaban J connectivity index is 1.91. The predicted molar refractivity (Wildman–Crippen MR) is 93.6 cm³/mol. The van der Waals surface area contributed by atoms with Gasteiger partial charge in [0, 0.05) is 34.6 Å². The minimum absolute atomic E-state index is 0.0687. The molecule has 2 unspecified atom stereocenters. The maximum Gasteiger partial charge on any atom is 0.237 e. The second kappa shape index (κ2) is 5.50. The van der Waals surface area contributed by atoms with E-state index in [1.807, 2.05) is 24.3 Å². The SMILES string of the molecule is O=C1CC(c2cccc(Cl)c2)C2(CN1)C(=O)Nc1cc(Cl)ccc12. The van der Waals surface area contributed by atoms with Crippen molar-refractivity contribution in [2.75, 3.05) is 11.9 Å². The van der Waals surface area contributed by atoms with Gasteiger partial charge in [0.05, 0.1) is 0 Å². The molecule has 0 aliphatic carbocycles. The number of carbonyl (C=O) groups is 2. The van der Waals surface area contributed by atoms with Gasteiger partial charge in [0.25, 0.3) is 0 Å². The second-order valence-electron chi connectivity index (χ2n) is 6.20. The highest BCUT2D eigenvalue weighted by Gasteiger charge is 2.55. The third-order valence-electron chi connectivity index (χ3n) is 4.92. The molecule has 24 heavy (non-hydrogen) atoms. The van der Waals surface area contributed by atoms with Crippen molar-refractivity contribution in [2.24, 2.45) is 0 Å². The zero-order valence-corrected chi connectivity index (χ0v) is 14.1. The van der Waals surface area contributed by atoms with Gasteiger partial charge >= 0.3 is 0 Å². The van der Waals surface area contributed by atoms with E-state index in [1.165, 1.54) is 0 Å². The summed E-state index contributed by atoms with van der Waals surface area (Å²) in [4.78, 5) is 25.0. The zero-order chi connectivity index (χ0) is 16.9. The van der Waals surface area contributed by atoms with Crippen molar-refractivity contribution in [2.45, 2.75) is 17.8 Å². The van der Waals surface area contributed by atoms with Gasteiger partial charge in [-0.15, -0.1) is 0 Å². The Kier molecular flexibility index (Phi) is 3.55. The maximum atomic E-state index is 13.0. The highest BCUT2D eigenvalue weighted by molar-refractivity contribution is 6.31. The van der Waals surface area contributed by atoms with Crippen molar-refractivity contribution < 1.29 is 9.59 Å². The highest BCUT2D eigenvalue weighted by atomic mass is 35.5. The van der Waals surface area contributed by atoms with Gasteiger partial charge in [-0.1, -0.05) is 41.4 Å². The van der Waals surface area contributed by atoms with E-state index >= 15 is 0 Å². The van der Waals surface area contributed by atoms with Gasteiger partial charge in [0.1, 0.15) is 5.41 Å². The average Bonchev–Trinajstić information content (AvgIpc) is 2.81. The second-order valence-corrected chi connectivity index (χ2v) is 7.08. The van der Waals surface area contributed by atoms with Crippen molar-refractivity contribution in [3.8, 4) is 0 Å². The van der Waals surface area contributed by atoms with Crippen molar-refractivity contribution in [3.05, 3.63) is 63.6 Å². The standard InChI is InChI=1S/C18H14Cl2N2O2/c19-11-3-1-2-10(6-11)14-8-16(23)21-9-18(14)13-5-4-12(20)7-15(13)22-17(18)24/h1-7,14H,8-9H2,(H,21,23)(H,22,24). The summed E-state index contributed by atoms with van der Waals surface area (Å²) in [5, 5.41) is 6.92. The number of piperidine rings is 1. The van der Waals surface area contributed by atoms with E-state index in [2.05, 4.69) is 10.6 Å². The molecule has 0 bridgehead atoms. The van der Waals surface area contributed by atoms with Gasteiger partial charge < -0.3 is 10.6 Å². The number of anilines is 1. The predicted octanol–water partition coefficient (Wildman–Crippen LogP) is 3.49. The number of carbonyl (C=O) groups excluding carboxylic acids is 2. The summed E-state index contributed by atoms with van der Waals surface area (Å²) in [6.07, 6.45) is 0.232. The first-order valence-corrected chi connectivity index (χ1v) is 8.40. The summed E-state index contributed by atoms with van der Waals surface area (Å²) in [5.41, 5.74) is 1.60. The molecule has 0 radical (unpaired) electrons. The number of benzene rings is 2. The Bertz CT molecular complexity index is 868. The van der Waals surface area contributed by atoms with E-state index in [0.29, 0.717) is 15.7 Å². The lowest BCUT2D eigenvalue weighted by atomic mass is 9.65. The minimum atomic E-state index is -0.849. The lowest BCUT2D eigenvalue weighted by Gasteiger charge is -2.40. The summed E-state index contributed by atoms with van der Waals surface area (Å²) < 4.78 is 0. The normalized spacial score (nSPS) is 25.3. The number of halogens is 2. The Hall–Kier alpha value is -2.04. The molecular weight excluding hydrogens is 347 g/mol. The van der Waals surface area contributed by atoms with E-state index in [-0.39, 0.29) is 30.7 Å². The van der Waals surface area contributed by atoms with Crippen LogP contribution in [0.2, 0.25) is 10.0 Å². The van der Waals surface area contributed by atoms with E-state index in [9.17, 15) is 9.59 Å². The van der Waals surface area contributed by atoms with Gasteiger partial charge in [0.2, 0.25) is 11.8 Å². The Morgan fingerprint density at radius 3 is 2.62 bits per heavy atom. The molecule has 2 N–H and O–H groups in total. The first-order valence-electron chi connectivity index (χ1n) is 7.64. The number of fused-ring (bicyclic) bond motifs is 2. The highest BCUT2D eigenvalue weighted by Crippen LogP contribution is 2.50. The molecule has 0 aromatic heterocycles. The van der Waals surface area contributed by atoms with E-state index in [4.69, 9.17) is 23.2 Å². The van der Waals surface area contributed by atoms with Crippen molar-refractivity contribution in [1.82, 2.24) is 5.32 Å². The molecule has 2 aliphatic rings. The molecule has 1 fully saturated rings. The van der Waals surface area contributed by atoms with Crippen LogP contribution in [-0.2, 0) is 15.0 Å². The van der Waals surface area contributed by atoms with E-state index in [1.54, 1.807) is 18.2 Å². The smallest absolute Gasteiger partial charge is 0.237 e. The first-order chi connectivity index (χ1) is 11.5. The van der Waals surface area contributed by atoms with Crippen LogP contribution in [0.25, 0.3) is 0 Å². The molecule has 2 aliphatic heterocycles. The first kappa shape index (κ1) is 15.5. The summed E-state index contributed by atoms with van der Waals surface area (Å²) in [6.45, 7) is 0.253. The van der Waals surface area contributed by atoms with Crippen LogP contribution in [0.4, 0.5) is 5.69 Å². The molecule has 122 valence electrons. The lowest BCUT2D eigenvalue weighted by molar-refractivity contribution is -0.128. The number of nitrogens with one attached hydrogen (secondary N) is 2. The fourth-order valence-corrected chi connectivity index (χ4v) is 4.18. The molecule has 2 atom stereocenters. The van der Waals surface area contributed by atoms with Gasteiger partial charge in [-0.05, 0) is 35.4 Å². The van der Waals surface area contributed by atoms with Gasteiger partial charge in [-0.25, -0.2) is 0 Å². The maximum absolute atomic E-state index is 13.0. The summed E-state index contributed by atoms with van der Waals surface area (Å²) in [6, 6.07) is 12.7. The van der Waals surface area contributed by atoms with Crippen molar-refractivity contribution in [1.29, 1.82) is 0 Å². The molecule has 1 spiro atoms. The van der Waals surface area contributed by atoms with Crippen LogP contribution in [0.5, 0.6) is 0 Å². The molecular formula is C18H14Cl2N2O2. The number of hydrogen-bond acceptors (Lipinski definition) is 2. The molecule has 4 rings (SSSR count). The largest absolute Gasteiger partial charge is 0.355 e. The zero-order valence-electron chi connectivity index (χ0n) is 12.6. The Labute approximate surface area is 149 Å². The van der Waals surface area contributed by atoms with Crippen LogP contribution in [-0.4, -0.2) is 18.4 Å². The van der Waals surface area contributed by atoms with Crippen molar-refractivity contribution >= 4 is 40.7 Å². The van der Waals surface area contributed by atoms with Crippen molar-refractivity contribution in [3.63, 3.8) is 0 Å².